The topological polar surface area (TPSA) is 143 Å². The lowest BCUT2D eigenvalue weighted by Crippen LogP contribution is -2.27. The number of hydrogen-bond acceptors (Lipinski definition) is 8. The van der Waals surface area contributed by atoms with Gasteiger partial charge in [-0.3, -0.25) is 13.8 Å². The molecule has 2 aliphatic rings. The van der Waals surface area contributed by atoms with E-state index in [9.17, 15) is 22.6 Å². The Morgan fingerprint density at radius 3 is 2.43 bits per heavy atom. The van der Waals surface area contributed by atoms with Crippen molar-refractivity contribution in [1.29, 1.82) is 0 Å². The molecule has 1 fully saturated rings. The van der Waals surface area contributed by atoms with E-state index in [1.165, 1.54) is 12.1 Å². The molecule has 12 heteroatoms. The lowest BCUT2D eigenvalue weighted by atomic mass is 10.3. The molecule has 0 saturated heterocycles. The van der Waals surface area contributed by atoms with Crippen LogP contribution in [0.5, 0.6) is 5.75 Å². The predicted molar refractivity (Wildman–Crippen MR) is 111 cm³/mol. The van der Waals surface area contributed by atoms with Crippen LogP contribution in [0.2, 0.25) is 5.02 Å². The monoisotopic (exact) mass is 444 g/mol. The van der Waals surface area contributed by atoms with Crippen molar-refractivity contribution in [1.82, 2.24) is 0 Å². The maximum absolute atomic E-state index is 12.0. The number of benzene rings is 2. The third-order valence-corrected chi connectivity index (χ3v) is 7.61. The van der Waals surface area contributed by atoms with Crippen LogP contribution < -0.4 is 15.4 Å². The van der Waals surface area contributed by atoms with Gasteiger partial charge in [-0.2, -0.15) is 0 Å². The van der Waals surface area contributed by atoms with E-state index in [1.54, 1.807) is 24.3 Å². The van der Waals surface area contributed by atoms with Gasteiger partial charge in [-0.25, -0.2) is 8.42 Å². The fourth-order valence-corrected chi connectivity index (χ4v) is 5.49. The summed E-state index contributed by atoms with van der Waals surface area (Å²) >= 11 is 5.85. The second-order valence-corrected chi connectivity index (χ2v) is 10.5. The van der Waals surface area contributed by atoms with Crippen molar-refractivity contribution >= 4 is 55.4 Å². The molecule has 2 aromatic carbocycles. The summed E-state index contributed by atoms with van der Waals surface area (Å²) in [7, 11) is -6.91. The van der Waals surface area contributed by atoms with Crippen molar-refractivity contribution in [3.8, 4) is 5.75 Å². The van der Waals surface area contributed by atoms with Gasteiger partial charge >= 0.3 is 0 Å². The van der Waals surface area contributed by atoms with Gasteiger partial charge in [-0.05, 0) is 43.2 Å². The van der Waals surface area contributed by atoms with E-state index in [0.29, 0.717) is 24.2 Å². The first kappa shape index (κ1) is 19.2. The van der Waals surface area contributed by atoms with E-state index in [1.807, 2.05) is 0 Å². The fraction of sp³-hybridized carbons (Fsp3) is 0.188. The summed E-state index contributed by atoms with van der Waals surface area (Å²) in [6.45, 7) is 0. The minimum absolute atomic E-state index is 0.00659. The summed E-state index contributed by atoms with van der Waals surface area (Å²) in [5.74, 6) is -0.238. The van der Waals surface area contributed by atoms with Crippen LogP contribution in [0.1, 0.15) is 12.8 Å². The van der Waals surface area contributed by atoms with Crippen LogP contribution in [-0.4, -0.2) is 33.8 Å². The van der Waals surface area contributed by atoms with Crippen LogP contribution >= 0.6 is 22.4 Å². The Balaban J connectivity index is 1.52. The van der Waals surface area contributed by atoms with Gasteiger partial charge in [-0.1, -0.05) is 22.4 Å². The zero-order chi connectivity index (χ0) is 20.1. The highest BCUT2D eigenvalue weighted by Crippen LogP contribution is 2.57. The van der Waals surface area contributed by atoms with E-state index >= 15 is 0 Å². The van der Waals surface area contributed by atoms with Crippen LogP contribution in [0, 0.1) is 0 Å². The standard InChI is InChI=1S/C16H17ClN4O5S2/c17-9-7-13(22)15-14(8-9)28(25,26)21-16(19-15)18-10-1-3-11(4-2-10)20-27(23,24)12-5-6-12/h1-4,7-8,12,20,22,25-26H,5-6H2,(H2,18,19,21). The normalized spacial score (nSPS) is 19.0. The number of halogens is 1. The van der Waals surface area contributed by atoms with Gasteiger partial charge in [0.25, 0.3) is 0 Å². The van der Waals surface area contributed by atoms with Crippen molar-refractivity contribution in [2.24, 2.45) is 4.40 Å². The lowest BCUT2D eigenvalue weighted by molar-refractivity contribution is 0.470. The molecule has 0 amide bonds. The molecule has 0 aromatic heterocycles. The molecule has 28 heavy (non-hydrogen) atoms. The zero-order valence-electron chi connectivity index (χ0n) is 14.3. The molecule has 4 rings (SSSR count). The van der Waals surface area contributed by atoms with Crippen molar-refractivity contribution in [2.45, 2.75) is 23.0 Å². The number of guanidine groups is 1. The minimum Gasteiger partial charge on any atom is -0.506 e. The molecular formula is C16H17ClN4O5S2. The number of phenols is 1. The maximum atomic E-state index is 12.0. The highest BCUT2D eigenvalue weighted by Gasteiger charge is 2.35. The molecule has 0 unspecified atom stereocenters. The van der Waals surface area contributed by atoms with Crippen molar-refractivity contribution in [2.75, 3.05) is 15.4 Å². The Labute approximate surface area is 168 Å². The quantitative estimate of drug-likeness (QED) is 0.393. The van der Waals surface area contributed by atoms with Crippen LogP contribution in [0.15, 0.2) is 45.7 Å². The highest BCUT2D eigenvalue weighted by molar-refractivity contribution is 8.23. The number of nitrogens with one attached hydrogen (secondary N) is 3. The van der Waals surface area contributed by atoms with Crippen LogP contribution in [0.3, 0.4) is 0 Å². The summed E-state index contributed by atoms with van der Waals surface area (Å²) in [4.78, 5) is -0.00659. The molecule has 0 bridgehead atoms. The number of aromatic hydroxyl groups is 1. The molecule has 2 aromatic rings. The average molecular weight is 445 g/mol. The molecule has 0 atom stereocenters. The third-order valence-electron chi connectivity index (χ3n) is 4.17. The smallest absolute Gasteiger partial charge is 0.235 e. The van der Waals surface area contributed by atoms with Gasteiger partial charge in [0.1, 0.15) is 16.3 Å². The molecule has 1 heterocycles. The van der Waals surface area contributed by atoms with Gasteiger partial charge in [-0.15, -0.1) is 4.40 Å². The Hall–Kier alpha value is -2.18. The molecule has 1 aliphatic carbocycles. The summed E-state index contributed by atoms with van der Waals surface area (Å²) in [5.41, 5.74) is 1.04. The van der Waals surface area contributed by atoms with Crippen LogP contribution in [-0.2, 0) is 10.0 Å². The second kappa shape index (κ2) is 6.71. The van der Waals surface area contributed by atoms with Gasteiger partial charge < -0.3 is 15.7 Å². The molecule has 6 N–H and O–H groups in total. The van der Waals surface area contributed by atoms with E-state index in [0.717, 1.165) is 0 Å². The number of sulfonamides is 1. The Bertz CT molecular complexity index is 1070. The van der Waals surface area contributed by atoms with E-state index in [4.69, 9.17) is 11.6 Å². The van der Waals surface area contributed by atoms with Crippen LogP contribution in [0.4, 0.5) is 17.1 Å². The first-order valence-corrected chi connectivity index (χ1v) is 11.6. The molecule has 150 valence electrons. The van der Waals surface area contributed by atoms with Crippen LogP contribution in [0.25, 0.3) is 0 Å². The molecule has 9 nitrogen and oxygen atoms in total. The van der Waals surface area contributed by atoms with E-state index in [2.05, 4.69) is 19.8 Å². The number of nitrogens with zero attached hydrogens (tertiary/aromatic N) is 1. The highest BCUT2D eigenvalue weighted by atomic mass is 35.5. The lowest BCUT2D eigenvalue weighted by Gasteiger charge is -2.34. The van der Waals surface area contributed by atoms with E-state index < -0.39 is 20.8 Å². The number of phenolic OH excluding ortho intramolecular Hbond substituents is 1. The minimum atomic E-state index is -3.56. The largest absolute Gasteiger partial charge is 0.506 e. The van der Waals surface area contributed by atoms with Gasteiger partial charge in [0.05, 0.1) is 5.25 Å². The number of anilines is 3. The third kappa shape index (κ3) is 3.84. The van der Waals surface area contributed by atoms with Gasteiger partial charge in [0, 0.05) is 22.5 Å². The number of fused-ring (bicyclic) bond motifs is 1. The summed E-state index contributed by atoms with van der Waals surface area (Å²) < 4.78 is 50.9. The molecule has 1 aliphatic heterocycles. The van der Waals surface area contributed by atoms with Gasteiger partial charge in [0.2, 0.25) is 16.0 Å². The first-order valence-electron chi connectivity index (χ1n) is 8.20. The zero-order valence-corrected chi connectivity index (χ0v) is 16.6. The SMILES string of the molecule is O=S(=O)(Nc1ccc(NC2=NS(O)(O)c3cc(Cl)cc(O)c3N2)cc1)C1CC1. The van der Waals surface area contributed by atoms with Gasteiger partial charge in [0.15, 0.2) is 0 Å². The Morgan fingerprint density at radius 1 is 1.14 bits per heavy atom. The summed E-state index contributed by atoms with van der Waals surface area (Å²) in [5, 5.41) is 15.5. The average Bonchev–Trinajstić information content (AvgIpc) is 3.43. The first-order chi connectivity index (χ1) is 13.1. The van der Waals surface area contributed by atoms with Crippen molar-refractivity contribution in [3.05, 3.63) is 41.4 Å². The van der Waals surface area contributed by atoms with Crippen molar-refractivity contribution < 1.29 is 22.6 Å². The van der Waals surface area contributed by atoms with E-state index in [-0.39, 0.29) is 32.6 Å². The molecular weight excluding hydrogens is 428 g/mol. The number of hydrogen-bond donors (Lipinski definition) is 6. The molecule has 0 radical (unpaired) electrons. The maximum Gasteiger partial charge on any atom is 0.235 e. The fourth-order valence-electron chi connectivity index (χ4n) is 2.67. The molecule has 1 saturated carbocycles. The number of rotatable bonds is 4. The second-order valence-electron chi connectivity index (χ2n) is 6.43. The Morgan fingerprint density at radius 2 is 1.79 bits per heavy atom. The Kier molecular flexibility index (Phi) is 4.59. The molecule has 0 spiro atoms. The summed E-state index contributed by atoms with van der Waals surface area (Å²) in [6, 6.07) is 8.96. The predicted octanol–water partition coefficient (Wildman–Crippen LogP) is 3.87. The summed E-state index contributed by atoms with van der Waals surface area (Å²) in [6.07, 6.45) is 1.35. The van der Waals surface area contributed by atoms with Crippen molar-refractivity contribution in [3.63, 3.8) is 0 Å².